The van der Waals surface area contributed by atoms with E-state index in [0.717, 1.165) is 12.8 Å². The van der Waals surface area contributed by atoms with Crippen LogP contribution in [0.15, 0.2) is 0 Å². The molecule has 3 atom stereocenters. The zero-order chi connectivity index (χ0) is 7.07. The van der Waals surface area contributed by atoms with Crippen LogP contribution in [-0.2, 0) is 0 Å². The van der Waals surface area contributed by atoms with Crippen LogP contribution in [0.3, 0.4) is 0 Å². The van der Waals surface area contributed by atoms with Gasteiger partial charge in [-0.15, -0.1) is 0 Å². The van der Waals surface area contributed by atoms with Gasteiger partial charge in [-0.3, -0.25) is 0 Å². The summed E-state index contributed by atoms with van der Waals surface area (Å²) in [5.41, 5.74) is 5.09. The van der Waals surface area contributed by atoms with Crippen LogP contribution < -0.4 is 5.73 Å². The second kappa shape index (κ2) is 1.94. The van der Waals surface area contributed by atoms with Gasteiger partial charge in [0.1, 0.15) is 6.17 Å². The molecule has 1 nitrogen and oxygen atoms in total. The van der Waals surface area contributed by atoms with E-state index in [-0.39, 0.29) is 5.92 Å². The maximum Gasteiger partial charge on any atom is 0.120 e. The molecule has 2 N–H and O–H groups in total. The van der Waals surface area contributed by atoms with E-state index in [1.165, 1.54) is 0 Å². The molecule has 3 unspecified atom stereocenters. The number of hydrogen-bond donors (Lipinski definition) is 1. The minimum atomic E-state index is -0.794. The van der Waals surface area contributed by atoms with Crippen molar-refractivity contribution in [1.82, 2.24) is 0 Å². The van der Waals surface area contributed by atoms with Crippen molar-refractivity contribution in [3.8, 4) is 0 Å². The summed E-state index contributed by atoms with van der Waals surface area (Å²) >= 11 is 0. The lowest BCUT2D eigenvalue weighted by molar-refractivity contribution is 0.199. The fourth-order valence-corrected chi connectivity index (χ4v) is 1.47. The Morgan fingerprint density at radius 2 is 2.22 bits per heavy atom. The molecule has 1 saturated carbocycles. The topological polar surface area (TPSA) is 26.0 Å². The van der Waals surface area contributed by atoms with Gasteiger partial charge in [-0.1, -0.05) is 6.92 Å². The summed E-state index contributed by atoms with van der Waals surface area (Å²) in [6, 6.07) is 0. The van der Waals surface area contributed by atoms with Crippen LogP contribution >= 0.6 is 0 Å². The van der Waals surface area contributed by atoms with Crippen LogP contribution in [-0.4, -0.2) is 11.7 Å². The van der Waals surface area contributed by atoms with Crippen molar-refractivity contribution in [2.24, 2.45) is 11.7 Å². The summed E-state index contributed by atoms with van der Waals surface area (Å²) in [6.45, 7) is 3.71. The Labute approximate surface area is 55.4 Å². The molecule has 9 heavy (non-hydrogen) atoms. The van der Waals surface area contributed by atoms with Crippen LogP contribution in [0.5, 0.6) is 0 Å². The van der Waals surface area contributed by atoms with Gasteiger partial charge in [0.05, 0.1) is 0 Å². The third-order valence-electron chi connectivity index (χ3n) is 2.27. The Balaban J connectivity index is 2.62. The summed E-state index contributed by atoms with van der Waals surface area (Å²) in [5, 5.41) is 0. The summed E-state index contributed by atoms with van der Waals surface area (Å²) in [7, 11) is 0. The second-order valence-corrected chi connectivity index (χ2v) is 3.42. The van der Waals surface area contributed by atoms with Gasteiger partial charge in [0.15, 0.2) is 0 Å². The molecule has 1 aliphatic carbocycles. The van der Waals surface area contributed by atoms with Crippen LogP contribution in [0.1, 0.15) is 26.7 Å². The van der Waals surface area contributed by atoms with E-state index in [4.69, 9.17) is 5.73 Å². The second-order valence-electron chi connectivity index (χ2n) is 3.42. The molecule has 0 aromatic rings. The number of rotatable bonds is 0. The molecule has 2 heteroatoms. The van der Waals surface area contributed by atoms with Crippen LogP contribution in [0.25, 0.3) is 0 Å². The first-order valence-electron chi connectivity index (χ1n) is 3.47. The lowest BCUT2D eigenvalue weighted by Crippen LogP contribution is -2.42. The van der Waals surface area contributed by atoms with Gasteiger partial charge in [-0.25, -0.2) is 4.39 Å². The Kier molecular flexibility index (Phi) is 1.51. The van der Waals surface area contributed by atoms with E-state index in [9.17, 15) is 4.39 Å². The smallest absolute Gasteiger partial charge is 0.120 e. The Morgan fingerprint density at radius 1 is 1.67 bits per heavy atom. The SMILES string of the molecule is CC1CCC(C)(N)C1F. The third-order valence-corrected chi connectivity index (χ3v) is 2.27. The van der Waals surface area contributed by atoms with E-state index >= 15 is 0 Å². The van der Waals surface area contributed by atoms with Crippen molar-refractivity contribution in [2.45, 2.75) is 38.4 Å². The van der Waals surface area contributed by atoms with Crippen molar-refractivity contribution < 1.29 is 4.39 Å². The monoisotopic (exact) mass is 131 g/mol. The highest BCUT2D eigenvalue weighted by Gasteiger charge is 2.40. The Bertz CT molecular complexity index is 111. The molecule has 0 radical (unpaired) electrons. The average molecular weight is 131 g/mol. The van der Waals surface area contributed by atoms with Crippen LogP contribution in [0.4, 0.5) is 4.39 Å². The maximum absolute atomic E-state index is 13.0. The first kappa shape index (κ1) is 7.00. The molecule has 1 rings (SSSR count). The molecule has 0 spiro atoms. The summed E-state index contributed by atoms with van der Waals surface area (Å²) in [6.07, 6.45) is 0.973. The van der Waals surface area contributed by atoms with E-state index in [2.05, 4.69) is 0 Å². The molecule has 0 bridgehead atoms. The number of nitrogens with two attached hydrogens (primary N) is 1. The molecule has 0 heterocycles. The highest BCUT2D eigenvalue weighted by molar-refractivity contribution is 4.96. The lowest BCUT2D eigenvalue weighted by Gasteiger charge is -2.21. The molecule has 54 valence electrons. The third kappa shape index (κ3) is 1.08. The molecule has 0 aromatic carbocycles. The predicted molar refractivity (Wildman–Crippen MR) is 35.9 cm³/mol. The molecular formula is C7H14FN. The Morgan fingerprint density at radius 3 is 2.33 bits per heavy atom. The van der Waals surface area contributed by atoms with Gasteiger partial charge in [-0.05, 0) is 25.7 Å². The Hall–Kier alpha value is -0.110. The fraction of sp³-hybridized carbons (Fsp3) is 1.00. The fourth-order valence-electron chi connectivity index (χ4n) is 1.47. The van der Waals surface area contributed by atoms with Crippen molar-refractivity contribution in [3.05, 3.63) is 0 Å². The van der Waals surface area contributed by atoms with Crippen LogP contribution in [0, 0.1) is 5.92 Å². The number of hydrogen-bond acceptors (Lipinski definition) is 1. The van der Waals surface area contributed by atoms with Crippen molar-refractivity contribution in [3.63, 3.8) is 0 Å². The standard InChI is InChI=1S/C7H14FN/c1-5-3-4-7(2,9)6(5)8/h5-6H,3-4,9H2,1-2H3. The average Bonchev–Trinajstić information content (AvgIpc) is 1.97. The first-order chi connectivity index (χ1) is 4.04. The van der Waals surface area contributed by atoms with Gasteiger partial charge in [0.2, 0.25) is 0 Å². The number of alkyl halides is 1. The van der Waals surface area contributed by atoms with Gasteiger partial charge in [0, 0.05) is 5.54 Å². The van der Waals surface area contributed by atoms with Gasteiger partial charge in [0.25, 0.3) is 0 Å². The van der Waals surface area contributed by atoms with E-state index < -0.39 is 11.7 Å². The lowest BCUT2D eigenvalue weighted by atomic mass is 9.99. The molecule has 0 aliphatic heterocycles. The molecular weight excluding hydrogens is 117 g/mol. The highest BCUT2D eigenvalue weighted by atomic mass is 19.1. The van der Waals surface area contributed by atoms with Crippen molar-refractivity contribution in [2.75, 3.05) is 0 Å². The molecule has 0 amide bonds. The normalized spacial score (nSPS) is 52.0. The van der Waals surface area contributed by atoms with Gasteiger partial charge < -0.3 is 5.73 Å². The first-order valence-corrected chi connectivity index (χ1v) is 3.47. The van der Waals surface area contributed by atoms with E-state index in [1.54, 1.807) is 6.92 Å². The van der Waals surface area contributed by atoms with Crippen molar-refractivity contribution in [1.29, 1.82) is 0 Å². The van der Waals surface area contributed by atoms with Gasteiger partial charge in [-0.2, -0.15) is 0 Å². The molecule has 0 aromatic heterocycles. The quantitative estimate of drug-likeness (QED) is 0.529. The van der Waals surface area contributed by atoms with E-state index in [0.29, 0.717) is 0 Å². The maximum atomic E-state index is 13.0. The highest BCUT2D eigenvalue weighted by Crippen LogP contribution is 2.34. The summed E-state index contributed by atoms with van der Waals surface area (Å²) in [4.78, 5) is 0. The minimum Gasteiger partial charge on any atom is -0.323 e. The molecule has 0 saturated heterocycles. The minimum absolute atomic E-state index is 0.167. The zero-order valence-electron chi connectivity index (χ0n) is 6.02. The largest absolute Gasteiger partial charge is 0.323 e. The summed E-state index contributed by atoms with van der Waals surface area (Å²) < 4.78 is 13.0. The number of halogens is 1. The molecule has 1 fully saturated rings. The molecule has 1 aliphatic rings. The zero-order valence-corrected chi connectivity index (χ0v) is 6.02. The van der Waals surface area contributed by atoms with E-state index in [1.807, 2.05) is 6.92 Å². The van der Waals surface area contributed by atoms with Crippen molar-refractivity contribution >= 4 is 0 Å². The van der Waals surface area contributed by atoms with Gasteiger partial charge >= 0.3 is 0 Å². The predicted octanol–water partition coefficient (Wildman–Crippen LogP) is 1.47. The summed E-state index contributed by atoms with van der Waals surface area (Å²) in [5.74, 6) is 0.167. The van der Waals surface area contributed by atoms with Crippen LogP contribution in [0.2, 0.25) is 0 Å².